The lowest BCUT2D eigenvalue weighted by Crippen LogP contribution is -2.13. The summed E-state index contributed by atoms with van der Waals surface area (Å²) in [6.45, 7) is 2.07. The second kappa shape index (κ2) is 5.68. The number of carbonyl (C=O) groups is 1. The third-order valence-corrected chi connectivity index (χ3v) is 1.16. The van der Waals surface area contributed by atoms with E-state index in [4.69, 9.17) is 5.73 Å². The van der Waals surface area contributed by atoms with Gasteiger partial charge in [0.05, 0.1) is 12.7 Å². The minimum absolute atomic E-state index is 0.205. The van der Waals surface area contributed by atoms with Crippen molar-refractivity contribution >= 4 is 5.97 Å². The van der Waals surface area contributed by atoms with Gasteiger partial charge >= 0.3 is 5.97 Å². The minimum Gasteiger partial charge on any atom is -0.466 e. The Morgan fingerprint density at radius 2 is 2.27 bits per heavy atom. The van der Waals surface area contributed by atoms with Crippen molar-refractivity contribution < 1.29 is 9.53 Å². The second-order valence-corrected chi connectivity index (χ2v) is 1.91. The molecule has 0 heterocycles. The quantitative estimate of drug-likeness (QED) is 0.369. The molecule has 0 radical (unpaired) electrons. The first-order chi connectivity index (χ1) is 5.26. The van der Waals surface area contributed by atoms with E-state index in [1.165, 1.54) is 7.11 Å². The lowest BCUT2D eigenvalue weighted by atomic mass is 10.2. The maximum Gasteiger partial charge on any atom is 0.335 e. The Labute approximate surface area is 66.5 Å². The number of allylic oxidation sites excluding steroid dienone is 3. The number of esters is 1. The van der Waals surface area contributed by atoms with E-state index in [-0.39, 0.29) is 12.5 Å². The number of carbonyl (C=O) groups excluding carboxylic acids is 1. The van der Waals surface area contributed by atoms with Gasteiger partial charge in [-0.2, -0.15) is 0 Å². The topological polar surface area (TPSA) is 52.3 Å². The summed E-state index contributed by atoms with van der Waals surface area (Å²) in [6, 6.07) is 0. The highest BCUT2D eigenvalue weighted by molar-refractivity contribution is 5.89. The maximum absolute atomic E-state index is 10.8. The van der Waals surface area contributed by atoms with E-state index in [9.17, 15) is 4.79 Å². The fraction of sp³-hybridized carbons (Fsp3) is 0.375. The average molecular weight is 155 g/mol. The molecule has 0 rings (SSSR count). The molecule has 0 amide bonds. The van der Waals surface area contributed by atoms with Crippen LogP contribution in [-0.4, -0.2) is 19.6 Å². The van der Waals surface area contributed by atoms with Crippen molar-refractivity contribution in [1.82, 2.24) is 0 Å². The van der Waals surface area contributed by atoms with Crippen LogP contribution in [0.3, 0.4) is 0 Å². The number of ether oxygens (including phenoxy) is 1. The molecule has 0 aliphatic rings. The zero-order valence-corrected chi connectivity index (χ0v) is 6.83. The summed E-state index contributed by atoms with van der Waals surface area (Å²) in [7, 11) is 1.33. The summed E-state index contributed by atoms with van der Waals surface area (Å²) in [5, 5.41) is 0. The first-order valence-electron chi connectivity index (χ1n) is 3.36. The van der Waals surface area contributed by atoms with E-state index in [1.807, 2.05) is 13.0 Å². The smallest absolute Gasteiger partial charge is 0.335 e. The molecule has 0 saturated carbocycles. The molecule has 62 valence electrons. The van der Waals surface area contributed by atoms with Gasteiger partial charge in [0.2, 0.25) is 0 Å². The molecule has 0 spiro atoms. The molecule has 0 atom stereocenters. The molecule has 0 aliphatic carbocycles. The van der Waals surface area contributed by atoms with Crippen molar-refractivity contribution in [3.8, 4) is 0 Å². The molecule has 3 heteroatoms. The lowest BCUT2D eigenvalue weighted by molar-refractivity contribution is -0.136. The molecule has 0 aromatic carbocycles. The predicted octanol–water partition coefficient (Wildman–Crippen LogP) is 0.621. The van der Waals surface area contributed by atoms with Crippen molar-refractivity contribution in [3.63, 3.8) is 0 Å². The van der Waals surface area contributed by atoms with Crippen molar-refractivity contribution in [3.05, 3.63) is 23.8 Å². The van der Waals surface area contributed by atoms with Gasteiger partial charge in [-0.15, -0.1) is 0 Å². The number of hydrogen-bond donors (Lipinski definition) is 1. The summed E-state index contributed by atoms with van der Waals surface area (Å²) in [4.78, 5) is 10.8. The zero-order chi connectivity index (χ0) is 8.69. The molecule has 2 N–H and O–H groups in total. The van der Waals surface area contributed by atoms with Crippen LogP contribution in [0.5, 0.6) is 0 Å². The number of nitrogens with two attached hydrogens (primary N) is 1. The summed E-state index contributed by atoms with van der Waals surface area (Å²) in [5.41, 5.74) is 5.76. The maximum atomic E-state index is 10.8. The number of rotatable bonds is 3. The average Bonchev–Trinajstić information content (AvgIpc) is 2.05. The monoisotopic (exact) mass is 155 g/mol. The standard InChI is InChI=1S/C8H13NO2/c1-3-4-5-7(6-9)8(10)11-2/h3-5H,6,9H2,1-2H3/b4-3+,7-5+. The van der Waals surface area contributed by atoms with Crippen molar-refractivity contribution in [2.75, 3.05) is 13.7 Å². The molecule has 11 heavy (non-hydrogen) atoms. The van der Waals surface area contributed by atoms with Crippen molar-refractivity contribution in [1.29, 1.82) is 0 Å². The minimum atomic E-state index is -0.370. The van der Waals surface area contributed by atoms with Gasteiger partial charge < -0.3 is 10.5 Å². The molecule has 0 aliphatic heterocycles. The normalized spacial score (nSPS) is 12.1. The van der Waals surface area contributed by atoms with Gasteiger partial charge in [0.15, 0.2) is 0 Å². The third kappa shape index (κ3) is 3.57. The second-order valence-electron chi connectivity index (χ2n) is 1.91. The highest BCUT2D eigenvalue weighted by Crippen LogP contribution is 1.94. The highest BCUT2D eigenvalue weighted by Gasteiger charge is 2.04. The first-order valence-corrected chi connectivity index (χ1v) is 3.36. The van der Waals surface area contributed by atoms with Crippen LogP contribution in [0.2, 0.25) is 0 Å². The Kier molecular flexibility index (Phi) is 5.11. The number of hydrogen-bond acceptors (Lipinski definition) is 3. The van der Waals surface area contributed by atoms with E-state index in [1.54, 1.807) is 12.2 Å². The Morgan fingerprint density at radius 1 is 1.64 bits per heavy atom. The Balaban J connectivity index is 4.26. The largest absolute Gasteiger partial charge is 0.466 e. The third-order valence-electron chi connectivity index (χ3n) is 1.16. The summed E-state index contributed by atoms with van der Waals surface area (Å²) >= 11 is 0. The van der Waals surface area contributed by atoms with Crippen LogP contribution in [0, 0.1) is 0 Å². The Morgan fingerprint density at radius 3 is 2.64 bits per heavy atom. The van der Waals surface area contributed by atoms with E-state index in [0.717, 1.165) is 0 Å². The van der Waals surface area contributed by atoms with Gasteiger partial charge in [-0.25, -0.2) is 4.79 Å². The molecule has 0 bridgehead atoms. The predicted molar refractivity (Wildman–Crippen MR) is 44.0 cm³/mol. The Bertz CT molecular complexity index is 183. The molecule has 3 nitrogen and oxygen atoms in total. The van der Waals surface area contributed by atoms with Crippen LogP contribution in [-0.2, 0) is 9.53 Å². The fourth-order valence-electron chi connectivity index (χ4n) is 0.563. The Hall–Kier alpha value is -1.09. The molecule has 0 fully saturated rings. The van der Waals surface area contributed by atoms with Crippen LogP contribution in [0.15, 0.2) is 23.8 Å². The van der Waals surface area contributed by atoms with Crippen molar-refractivity contribution in [2.45, 2.75) is 6.92 Å². The lowest BCUT2D eigenvalue weighted by Gasteiger charge is -1.98. The van der Waals surface area contributed by atoms with Crippen LogP contribution in [0.4, 0.5) is 0 Å². The molecular formula is C8H13NO2. The fourth-order valence-corrected chi connectivity index (χ4v) is 0.563. The van der Waals surface area contributed by atoms with Gasteiger partial charge in [-0.05, 0) is 6.92 Å². The summed E-state index contributed by atoms with van der Waals surface area (Å²) in [6.07, 6.45) is 5.21. The molecule has 0 aromatic rings. The van der Waals surface area contributed by atoms with Crippen LogP contribution < -0.4 is 5.73 Å². The van der Waals surface area contributed by atoms with Gasteiger partial charge in [-0.3, -0.25) is 0 Å². The molecule has 0 unspecified atom stereocenters. The van der Waals surface area contributed by atoms with E-state index < -0.39 is 0 Å². The van der Waals surface area contributed by atoms with E-state index in [0.29, 0.717) is 5.57 Å². The highest BCUT2D eigenvalue weighted by atomic mass is 16.5. The molecule has 0 saturated heterocycles. The van der Waals surface area contributed by atoms with E-state index in [2.05, 4.69) is 4.74 Å². The zero-order valence-electron chi connectivity index (χ0n) is 6.83. The first kappa shape index (κ1) is 9.91. The van der Waals surface area contributed by atoms with Crippen molar-refractivity contribution in [2.24, 2.45) is 5.73 Å². The van der Waals surface area contributed by atoms with Crippen LogP contribution in [0.25, 0.3) is 0 Å². The van der Waals surface area contributed by atoms with Gasteiger partial charge in [0.25, 0.3) is 0 Å². The molecular weight excluding hydrogens is 142 g/mol. The summed E-state index contributed by atoms with van der Waals surface area (Å²) < 4.78 is 4.48. The van der Waals surface area contributed by atoms with E-state index >= 15 is 0 Å². The molecule has 0 aromatic heterocycles. The van der Waals surface area contributed by atoms with Crippen LogP contribution in [0.1, 0.15) is 6.92 Å². The van der Waals surface area contributed by atoms with Gasteiger partial charge in [0.1, 0.15) is 0 Å². The van der Waals surface area contributed by atoms with Gasteiger partial charge in [0, 0.05) is 6.54 Å². The summed E-state index contributed by atoms with van der Waals surface area (Å²) in [5.74, 6) is -0.370. The van der Waals surface area contributed by atoms with Crippen LogP contribution >= 0.6 is 0 Å². The van der Waals surface area contributed by atoms with Gasteiger partial charge in [-0.1, -0.05) is 18.2 Å². The SMILES string of the molecule is C/C=C/C=C(\CN)C(=O)OC. The number of methoxy groups -OCH3 is 1.